The van der Waals surface area contributed by atoms with Crippen molar-refractivity contribution in [3.8, 4) is 0 Å². The molecular formula is C19H20Cl2N6O3. The highest BCUT2D eigenvalue weighted by atomic mass is 35.5. The quantitative estimate of drug-likeness (QED) is 0.638. The van der Waals surface area contributed by atoms with E-state index in [4.69, 9.17) is 27.9 Å². The Bertz CT molecular complexity index is 1140. The SMILES string of the molecule is COCC(=O)N1CCC(c2nc3c(nnn3Cc3ccc(Cl)cc3Cl)c(=O)[nH]2)CC1. The first kappa shape index (κ1) is 20.8. The number of carbonyl (C=O) groups excluding carboxylic acids is 1. The third-order valence-electron chi connectivity index (χ3n) is 5.23. The molecule has 30 heavy (non-hydrogen) atoms. The van der Waals surface area contributed by atoms with Crippen molar-refractivity contribution in [3.63, 3.8) is 0 Å². The van der Waals surface area contributed by atoms with E-state index >= 15 is 0 Å². The molecule has 2 aromatic heterocycles. The molecule has 158 valence electrons. The number of amides is 1. The number of aromatic amines is 1. The van der Waals surface area contributed by atoms with Crippen LogP contribution in [0.15, 0.2) is 23.0 Å². The molecule has 3 aromatic rings. The van der Waals surface area contributed by atoms with E-state index in [1.165, 1.54) is 7.11 Å². The summed E-state index contributed by atoms with van der Waals surface area (Å²) in [4.78, 5) is 33.8. The number of likely N-dealkylation sites (tertiary alicyclic amines) is 1. The standard InChI is InChI=1S/C19H20Cl2N6O3/c1-30-10-15(28)26-6-4-11(5-7-26)17-22-18-16(19(29)23-17)24-25-27(18)9-12-2-3-13(20)8-14(12)21/h2-3,8,11H,4-7,9-10H2,1H3,(H,22,23,29). The first-order valence-corrected chi connectivity index (χ1v) is 10.3. The third-order valence-corrected chi connectivity index (χ3v) is 5.82. The van der Waals surface area contributed by atoms with Gasteiger partial charge in [0.1, 0.15) is 12.4 Å². The van der Waals surface area contributed by atoms with Gasteiger partial charge in [0.25, 0.3) is 5.56 Å². The number of carbonyl (C=O) groups is 1. The predicted molar refractivity (Wildman–Crippen MR) is 112 cm³/mol. The van der Waals surface area contributed by atoms with Crippen LogP contribution in [0.4, 0.5) is 0 Å². The number of benzene rings is 1. The number of aromatic nitrogens is 5. The zero-order valence-corrected chi connectivity index (χ0v) is 17.8. The largest absolute Gasteiger partial charge is 0.375 e. The number of hydrogen-bond acceptors (Lipinski definition) is 6. The number of nitrogens with zero attached hydrogens (tertiary/aromatic N) is 5. The van der Waals surface area contributed by atoms with Crippen molar-refractivity contribution in [2.45, 2.75) is 25.3 Å². The van der Waals surface area contributed by atoms with Gasteiger partial charge >= 0.3 is 0 Å². The second kappa shape index (κ2) is 8.71. The van der Waals surface area contributed by atoms with Crippen LogP contribution in [0.2, 0.25) is 10.0 Å². The zero-order chi connectivity index (χ0) is 21.3. The number of fused-ring (bicyclic) bond motifs is 1. The summed E-state index contributed by atoms with van der Waals surface area (Å²) in [6.07, 6.45) is 1.41. The topological polar surface area (TPSA) is 106 Å². The highest BCUT2D eigenvalue weighted by Crippen LogP contribution is 2.26. The molecule has 1 fully saturated rings. The zero-order valence-electron chi connectivity index (χ0n) is 16.3. The van der Waals surface area contributed by atoms with E-state index in [1.807, 2.05) is 0 Å². The average Bonchev–Trinajstić information content (AvgIpc) is 3.14. The van der Waals surface area contributed by atoms with Crippen LogP contribution >= 0.6 is 23.2 Å². The van der Waals surface area contributed by atoms with Crippen LogP contribution in [-0.4, -0.2) is 62.6 Å². The number of piperidine rings is 1. The summed E-state index contributed by atoms with van der Waals surface area (Å²) in [5.41, 5.74) is 1.04. The monoisotopic (exact) mass is 450 g/mol. The molecular weight excluding hydrogens is 431 g/mol. The van der Waals surface area contributed by atoms with Crippen LogP contribution in [0.3, 0.4) is 0 Å². The number of methoxy groups -OCH3 is 1. The molecule has 0 saturated carbocycles. The van der Waals surface area contributed by atoms with Crippen LogP contribution in [-0.2, 0) is 16.1 Å². The maximum Gasteiger partial charge on any atom is 0.281 e. The number of hydrogen-bond donors (Lipinski definition) is 1. The fourth-order valence-electron chi connectivity index (χ4n) is 3.61. The minimum absolute atomic E-state index is 0.0324. The third kappa shape index (κ3) is 4.19. The Morgan fingerprint density at radius 1 is 1.30 bits per heavy atom. The van der Waals surface area contributed by atoms with E-state index in [-0.39, 0.29) is 29.5 Å². The van der Waals surface area contributed by atoms with E-state index in [0.29, 0.717) is 54.0 Å². The summed E-state index contributed by atoms with van der Waals surface area (Å²) < 4.78 is 6.47. The smallest absolute Gasteiger partial charge is 0.281 e. The second-order valence-corrected chi connectivity index (χ2v) is 8.04. The van der Waals surface area contributed by atoms with Crippen LogP contribution in [0, 0.1) is 0 Å². The number of nitrogens with one attached hydrogen (secondary N) is 1. The molecule has 0 radical (unpaired) electrons. The number of H-pyrrole nitrogens is 1. The summed E-state index contributed by atoms with van der Waals surface area (Å²) in [7, 11) is 1.50. The predicted octanol–water partition coefficient (Wildman–Crippen LogP) is 2.22. The lowest BCUT2D eigenvalue weighted by Gasteiger charge is -2.31. The summed E-state index contributed by atoms with van der Waals surface area (Å²) >= 11 is 12.2. The van der Waals surface area contributed by atoms with Gasteiger partial charge in [-0.2, -0.15) is 0 Å². The maximum atomic E-state index is 12.5. The van der Waals surface area contributed by atoms with Crippen molar-refractivity contribution in [3.05, 3.63) is 50.0 Å². The summed E-state index contributed by atoms with van der Waals surface area (Å²) in [5.74, 6) is 0.586. The molecule has 0 aliphatic carbocycles. The van der Waals surface area contributed by atoms with Gasteiger partial charge in [-0.15, -0.1) is 5.10 Å². The lowest BCUT2D eigenvalue weighted by atomic mass is 9.96. The molecule has 1 amide bonds. The molecule has 1 saturated heterocycles. The Hall–Kier alpha value is -2.49. The van der Waals surface area contributed by atoms with Gasteiger partial charge in [0.2, 0.25) is 5.91 Å². The molecule has 3 heterocycles. The van der Waals surface area contributed by atoms with E-state index < -0.39 is 0 Å². The Kier molecular flexibility index (Phi) is 6.03. The van der Waals surface area contributed by atoms with Crippen molar-refractivity contribution in [1.82, 2.24) is 29.9 Å². The van der Waals surface area contributed by atoms with Crippen LogP contribution in [0.5, 0.6) is 0 Å². The molecule has 0 atom stereocenters. The summed E-state index contributed by atoms with van der Waals surface area (Å²) in [5, 5.41) is 9.10. The molecule has 0 bridgehead atoms. The maximum absolute atomic E-state index is 12.5. The highest BCUT2D eigenvalue weighted by Gasteiger charge is 2.26. The van der Waals surface area contributed by atoms with Gasteiger partial charge in [0, 0.05) is 36.2 Å². The van der Waals surface area contributed by atoms with Gasteiger partial charge < -0.3 is 14.6 Å². The van der Waals surface area contributed by atoms with E-state index in [1.54, 1.807) is 27.8 Å². The van der Waals surface area contributed by atoms with Gasteiger partial charge in [0.05, 0.1) is 6.54 Å². The Balaban J connectivity index is 1.58. The molecule has 9 nitrogen and oxygen atoms in total. The first-order valence-electron chi connectivity index (χ1n) is 9.50. The summed E-state index contributed by atoms with van der Waals surface area (Å²) in [6, 6.07) is 5.20. The van der Waals surface area contributed by atoms with Crippen LogP contribution < -0.4 is 5.56 Å². The van der Waals surface area contributed by atoms with E-state index in [0.717, 1.165) is 5.56 Å². The van der Waals surface area contributed by atoms with Crippen molar-refractivity contribution in [2.75, 3.05) is 26.8 Å². The van der Waals surface area contributed by atoms with Crippen molar-refractivity contribution in [1.29, 1.82) is 0 Å². The number of halogens is 2. The molecule has 4 rings (SSSR count). The molecule has 1 aromatic carbocycles. The van der Waals surface area contributed by atoms with Gasteiger partial charge in [-0.3, -0.25) is 9.59 Å². The summed E-state index contributed by atoms with van der Waals surface area (Å²) in [6.45, 7) is 1.56. The molecule has 1 aliphatic rings. The van der Waals surface area contributed by atoms with Crippen molar-refractivity contribution in [2.24, 2.45) is 0 Å². The van der Waals surface area contributed by atoms with Crippen LogP contribution in [0.1, 0.15) is 30.1 Å². The number of ether oxygens (including phenoxy) is 1. The van der Waals surface area contributed by atoms with E-state index in [9.17, 15) is 9.59 Å². The number of rotatable bonds is 5. The highest BCUT2D eigenvalue weighted by molar-refractivity contribution is 6.35. The van der Waals surface area contributed by atoms with Crippen molar-refractivity contribution < 1.29 is 9.53 Å². The Morgan fingerprint density at radius 3 is 2.77 bits per heavy atom. The van der Waals surface area contributed by atoms with Crippen molar-refractivity contribution >= 4 is 40.3 Å². The van der Waals surface area contributed by atoms with Gasteiger partial charge in [0.15, 0.2) is 11.2 Å². The van der Waals surface area contributed by atoms with Gasteiger partial charge in [-0.25, -0.2) is 9.67 Å². The van der Waals surface area contributed by atoms with Gasteiger partial charge in [-0.05, 0) is 30.5 Å². The minimum atomic E-state index is -0.332. The Morgan fingerprint density at radius 2 is 2.07 bits per heavy atom. The lowest BCUT2D eigenvalue weighted by molar-refractivity contribution is -0.136. The van der Waals surface area contributed by atoms with Gasteiger partial charge in [-0.1, -0.05) is 34.5 Å². The molecule has 11 heteroatoms. The lowest BCUT2D eigenvalue weighted by Crippen LogP contribution is -2.40. The Labute approximate surface area is 181 Å². The van der Waals surface area contributed by atoms with E-state index in [2.05, 4.69) is 20.3 Å². The van der Waals surface area contributed by atoms with Crippen LogP contribution in [0.25, 0.3) is 11.2 Å². The normalized spacial score (nSPS) is 15.1. The second-order valence-electron chi connectivity index (χ2n) is 7.19. The molecule has 0 unspecified atom stereocenters. The average molecular weight is 451 g/mol. The molecule has 1 N–H and O–H groups in total. The molecule has 1 aliphatic heterocycles. The fourth-order valence-corrected chi connectivity index (χ4v) is 4.08. The molecule has 0 spiro atoms. The first-order chi connectivity index (χ1) is 14.5. The fraction of sp³-hybridized carbons (Fsp3) is 0.421. The minimum Gasteiger partial charge on any atom is -0.375 e.